The molecule has 3 aromatic heterocycles. The Morgan fingerprint density at radius 2 is 1.90 bits per heavy atom. The van der Waals surface area contributed by atoms with Gasteiger partial charge in [-0.25, -0.2) is 14.4 Å². The number of Topliss-reactive ketones (excluding diaryl/α,β-unsaturated/α-hetero) is 1. The molecule has 0 radical (unpaired) electrons. The van der Waals surface area contributed by atoms with E-state index in [1.165, 1.54) is 23.5 Å². The van der Waals surface area contributed by atoms with Crippen LogP contribution < -0.4 is 9.80 Å². The van der Waals surface area contributed by atoms with Crippen LogP contribution in [0.5, 0.6) is 0 Å². The van der Waals surface area contributed by atoms with Crippen molar-refractivity contribution in [2.45, 2.75) is 39.2 Å². The number of hydrogen-bond acceptors (Lipinski definition) is 9. The van der Waals surface area contributed by atoms with Crippen molar-refractivity contribution in [3.8, 4) is 17.3 Å². The normalized spacial score (nSPS) is 19.1. The number of aliphatic hydroxyl groups is 1. The highest BCUT2D eigenvalue weighted by Crippen LogP contribution is 2.38. The molecule has 0 spiro atoms. The molecule has 2 aliphatic rings. The van der Waals surface area contributed by atoms with Crippen molar-refractivity contribution in [3.05, 3.63) is 58.5 Å². The van der Waals surface area contributed by atoms with Crippen molar-refractivity contribution in [1.29, 1.82) is 5.26 Å². The Morgan fingerprint density at radius 3 is 2.55 bits per heavy atom. The fourth-order valence-electron chi connectivity index (χ4n) is 5.88. The molecule has 0 atom stereocenters. The molecule has 4 heterocycles. The standard InChI is InChI=1S/C31H34FN7O2S/c1-4-25-30(36(3)31-35-28(27(16-33)42-31)20-5-7-22(32)8-6-20)39-17-23(13-19(2)29(39)34-25)38-11-9-37(10-12-38)18-26(41)21-14-24(40)15-21/h5-8,13,17,21,24,40H,4,9-12,14-15,18H2,1-3H3. The van der Waals surface area contributed by atoms with Crippen molar-refractivity contribution in [1.82, 2.24) is 19.3 Å². The monoisotopic (exact) mass is 587 g/mol. The van der Waals surface area contributed by atoms with E-state index in [4.69, 9.17) is 9.97 Å². The summed E-state index contributed by atoms with van der Waals surface area (Å²) in [4.78, 5) is 29.4. The minimum Gasteiger partial charge on any atom is -0.393 e. The fourth-order valence-corrected chi connectivity index (χ4v) is 6.73. The Hall–Kier alpha value is -3.85. The van der Waals surface area contributed by atoms with Crippen LogP contribution >= 0.6 is 11.3 Å². The first-order chi connectivity index (χ1) is 20.2. The number of pyridine rings is 1. The number of hydrogen-bond donors (Lipinski definition) is 1. The SMILES string of the molecule is CCc1nc2c(C)cc(N3CCN(CC(=O)C4CC(O)C4)CC3)cn2c1N(C)c1nc(-c2ccc(F)cc2)c(C#N)s1. The lowest BCUT2D eigenvalue weighted by molar-refractivity contribution is -0.130. The highest BCUT2D eigenvalue weighted by molar-refractivity contribution is 7.16. The Balaban J connectivity index is 1.27. The number of halogens is 1. The summed E-state index contributed by atoms with van der Waals surface area (Å²) in [5.74, 6) is 0.821. The summed E-state index contributed by atoms with van der Waals surface area (Å²) in [6.45, 7) is 7.83. The second-order valence-corrected chi connectivity index (χ2v) is 12.2. The van der Waals surface area contributed by atoms with E-state index >= 15 is 0 Å². The molecular formula is C31H34FN7O2S. The predicted octanol–water partition coefficient (Wildman–Crippen LogP) is 4.57. The van der Waals surface area contributed by atoms with Gasteiger partial charge in [-0.1, -0.05) is 18.3 Å². The fraction of sp³-hybridized carbons (Fsp3) is 0.419. The molecule has 0 amide bonds. The van der Waals surface area contributed by atoms with Crippen LogP contribution in [-0.2, 0) is 11.2 Å². The van der Waals surface area contributed by atoms with E-state index in [0.717, 1.165) is 61.0 Å². The maximum Gasteiger partial charge on any atom is 0.192 e. The number of nitrogens with zero attached hydrogens (tertiary/aromatic N) is 7. The van der Waals surface area contributed by atoms with Crippen molar-refractivity contribution >= 4 is 39.4 Å². The minimum atomic E-state index is -0.335. The van der Waals surface area contributed by atoms with E-state index in [2.05, 4.69) is 46.4 Å². The number of rotatable bonds is 8. The van der Waals surface area contributed by atoms with Gasteiger partial charge in [-0.2, -0.15) is 5.26 Å². The van der Waals surface area contributed by atoms with Crippen molar-refractivity contribution < 1.29 is 14.3 Å². The number of fused-ring (bicyclic) bond motifs is 1. The van der Waals surface area contributed by atoms with Crippen LogP contribution in [0.1, 0.15) is 35.9 Å². The van der Waals surface area contributed by atoms with Gasteiger partial charge in [0.1, 0.15) is 39.7 Å². The van der Waals surface area contributed by atoms with E-state index in [-0.39, 0.29) is 23.6 Å². The Morgan fingerprint density at radius 1 is 1.19 bits per heavy atom. The third-order valence-corrected chi connectivity index (χ3v) is 9.43. The summed E-state index contributed by atoms with van der Waals surface area (Å²) in [6, 6.07) is 10.5. The molecule has 1 aromatic carbocycles. The zero-order valence-electron chi connectivity index (χ0n) is 24.0. The van der Waals surface area contributed by atoms with Gasteiger partial charge < -0.3 is 14.9 Å². The highest BCUT2D eigenvalue weighted by atomic mass is 32.1. The lowest BCUT2D eigenvalue weighted by atomic mass is 9.79. The number of nitriles is 1. The van der Waals surface area contributed by atoms with E-state index in [1.807, 2.05) is 11.9 Å². The van der Waals surface area contributed by atoms with Gasteiger partial charge in [0.2, 0.25) is 0 Å². The Bertz CT molecular complexity index is 1660. The molecular weight excluding hydrogens is 553 g/mol. The maximum absolute atomic E-state index is 13.5. The predicted molar refractivity (Wildman–Crippen MR) is 162 cm³/mol. The molecule has 1 saturated heterocycles. The third kappa shape index (κ3) is 5.26. The van der Waals surface area contributed by atoms with Gasteiger partial charge >= 0.3 is 0 Å². The maximum atomic E-state index is 13.5. The van der Waals surface area contributed by atoms with Crippen LogP contribution in [0.25, 0.3) is 16.9 Å². The van der Waals surface area contributed by atoms with Gasteiger partial charge in [0.15, 0.2) is 5.13 Å². The summed E-state index contributed by atoms with van der Waals surface area (Å²) in [6.07, 6.45) is 3.74. The summed E-state index contributed by atoms with van der Waals surface area (Å²) in [5, 5.41) is 20.0. The lowest BCUT2D eigenvalue weighted by Crippen LogP contribution is -2.49. The van der Waals surface area contributed by atoms with E-state index in [0.29, 0.717) is 40.7 Å². The van der Waals surface area contributed by atoms with E-state index in [1.54, 1.807) is 12.1 Å². The quantitative estimate of drug-likeness (QED) is 0.320. The first-order valence-corrected chi connectivity index (χ1v) is 15.2. The number of aliphatic hydroxyl groups excluding tert-OH is 1. The summed E-state index contributed by atoms with van der Waals surface area (Å²) < 4.78 is 15.7. The smallest absolute Gasteiger partial charge is 0.192 e. The number of imidazole rings is 1. The number of thiazole rings is 1. The number of aromatic nitrogens is 3. The molecule has 4 aromatic rings. The van der Waals surface area contributed by atoms with Gasteiger partial charge in [-0.15, -0.1) is 0 Å². The average molecular weight is 588 g/mol. The van der Waals surface area contributed by atoms with Gasteiger partial charge in [0, 0.05) is 50.9 Å². The van der Waals surface area contributed by atoms with Gasteiger partial charge in [-0.3, -0.25) is 14.1 Å². The third-order valence-electron chi connectivity index (χ3n) is 8.39. The molecule has 1 aliphatic heterocycles. The van der Waals surface area contributed by atoms with Crippen LogP contribution in [0.4, 0.5) is 21.0 Å². The molecule has 11 heteroatoms. The van der Waals surface area contributed by atoms with Gasteiger partial charge in [-0.05, 0) is 62.1 Å². The van der Waals surface area contributed by atoms with Crippen molar-refractivity contribution in [3.63, 3.8) is 0 Å². The number of piperazine rings is 1. The van der Waals surface area contributed by atoms with Gasteiger partial charge in [0.25, 0.3) is 0 Å². The minimum absolute atomic E-state index is 0.0151. The Labute approximate surface area is 248 Å². The number of benzene rings is 1. The van der Waals surface area contributed by atoms with Crippen molar-refractivity contribution in [2.75, 3.05) is 49.6 Å². The average Bonchev–Trinajstić information content (AvgIpc) is 3.58. The van der Waals surface area contributed by atoms with E-state index < -0.39 is 0 Å². The topological polar surface area (TPSA) is 101 Å². The molecule has 0 bridgehead atoms. The number of carbonyl (C=O) groups excluding carboxylic acids is 1. The molecule has 0 unspecified atom stereocenters. The van der Waals surface area contributed by atoms with Crippen LogP contribution in [0, 0.1) is 30.0 Å². The summed E-state index contributed by atoms with van der Waals surface area (Å²) >= 11 is 1.30. The molecule has 2 fully saturated rings. The lowest BCUT2D eigenvalue weighted by Gasteiger charge is -2.37. The zero-order valence-corrected chi connectivity index (χ0v) is 24.9. The first kappa shape index (κ1) is 28.3. The number of carbonyl (C=O) groups is 1. The first-order valence-electron chi connectivity index (χ1n) is 14.4. The molecule has 1 N–H and O–H groups in total. The van der Waals surface area contributed by atoms with Crippen LogP contribution in [0.2, 0.25) is 0 Å². The number of ketones is 1. The molecule has 9 nitrogen and oxygen atoms in total. The zero-order chi connectivity index (χ0) is 29.5. The van der Waals surface area contributed by atoms with Crippen LogP contribution in [0.3, 0.4) is 0 Å². The number of anilines is 3. The summed E-state index contributed by atoms with van der Waals surface area (Å²) in [7, 11) is 1.94. The van der Waals surface area contributed by atoms with Crippen LogP contribution in [0.15, 0.2) is 36.5 Å². The summed E-state index contributed by atoms with van der Waals surface area (Å²) in [5.41, 5.74) is 5.19. The highest BCUT2D eigenvalue weighted by Gasteiger charge is 2.34. The second-order valence-electron chi connectivity index (χ2n) is 11.2. The molecule has 1 aliphatic carbocycles. The number of aryl methyl sites for hydroxylation is 2. The molecule has 1 saturated carbocycles. The molecule has 6 rings (SSSR count). The largest absolute Gasteiger partial charge is 0.393 e. The van der Waals surface area contributed by atoms with Crippen LogP contribution in [-0.4, -0.2) is 76.0 Å². The molecule has 42 heavy (non-hydrogen) atoms. The molecule has 218 valence electrons. The second kappa shape index (κ2) is 11.4. The Kier molecular flexibility index (Phi) is 7.70. The van der Waals surface area contributed by atoms with Gasteiger partial charge in [0.05, 0.1) is 24.0 Å². The van der Waals surface area contributed by atoms with E-state index in [9.17, 15) is 19.6 Å². The van der Waals surface area contributed by atoms with Crippen molar-refractivity contribution in [2.24, 2.45) is 5.92 Å².